The van der Waals surface area contributed by atoms with E-state index in [9.17, 15) is 4.79 Å². The van der Waals surface area contributed by atoms with Crippen LogP contribution in [0.3, 0.4) is 0 Å². The Kier molecular flexibility index (Phi) is 5.22. The highest BCUT2D eigenvalue weighted by molar-refractivity contribution is 6.03. The van der Waals surface area contributed by atoms with Gasteiger partial charge in [-0.15, -0.1) is 0 Å². The largest absolute Gasteiger partial charge is 0.364 e. The molecule has 0 bridgehead atoms. The molecule has 1 aromatic carbocycles. The maximum atomic E-state index is 12.6. The van der Waals surface area contributed by atoms with Crippen LogP contribution >= 0.6 is 0 Å². The first-order valence-electron chi connectivity index (χ1n) is 8.39. The van der Waals surface area contributed by atoms with Crippen molar-refractivity contribution in [2.75, 3.05) is 10.6 Å². The molecule has 132 valence electrons. The average Bonchev–Trinajstić information content (AvgIpc) is 2.63. The average molecular weight is 347 g/mol. The van der Waals surface area contributed by atoms with Gasteiger partial charge in [-0.2, -0.15) is 0 Å². The molecule has 0 aliphatic carbocycles. The minimum absolute atomic E-state index is 0.261. The molecule has 2 aromatic heterocycles. The number of nitrogens with one attached hydrogen (secondary N) is 2. The molecule has 2 heterocycles. The Morgan fingerprint density at radius 3 is 2.62 bits per heavy atom. The molecule has 0 spiro atoms. The first-order chi connectivity index (χ1) is 12.5. The van der Waals surface area contributed by atoms with Gasteiger partial charge in [0.15, 0.2) is 0 Å². The molecular weight excluding hydrogens is 326 g/mol. The van der Waals surface area contributed by atoms with E-state index in [2.05, 4.69) is 25.6 Å². The van der Waals surface area contributed by atoms with Crippen LogP contribution < -0.4 is 10.6 Å². The zero-order chi connectivity index (χ0) is 18.5. The Morgan fingerprint density at radius 1 is 1.04 bits per heavy atom. The third kappa shape index (κ3) is 4.42. The van der Waals surface area contributed by atoms with E-state index in [1.807, 2.05) is 50.2 Å². The van der Waals surface area contributed by atoms with Gasteiger partial charge >= 0.3 is 0 Å². The highest BCUT2D eigenvalue weighted by atomic mass is 16.1. The van der Waals surface area contributed by atoms with Gasteiger partial charge in [0.25, 0.3) is 5.91 Å². The lowest BCUT2D eigenvalue weighted by Gasteiger charge is -2.11. The van der Waals surface area contributed by atoms with E-state index in [1.165, 1.54) is 0 Å². The standard InChI is InChI=1S/C20H21N5O/c1-13-7-8-17(14(2)10-13)25-20(26)18-11-19(24-15(3)23-18)22-12-16-6-4-5-9-21-16/h4-11H,12H2,1-3H3,(H,25,26)(H,22,23,24). The molecule has 0 unspecified atom stereocenters. The third-order valence-electron chi connectivity index (χ3n) is 3.88. The molecule has 3 rings (SSSR count). The van der Waals surface area contributed by atoms with Crippen molar-refractivity contribution in [1.29, 1.82) is 0 Å². The topological polar surface area (TPSA) is 79.8 Å². The van der Waals surface area contributed by atoms with Crippen molar-refractivity contribution >= 4 is 17.4 Å². The quantitative estimate of drug-likeness (QED) is 0.736. The predicted molar refractivity (Wildman–Crippen MR) is 102 cm³/mol. The van der Waals surface area contributed by atoms with Crippen LogP contribution in [-0.2, 0) is 6.54 Å². The van der Waals surface area contributed by atoms with E-state index in [4.69, 9.17) is 0 Å². The lowest BCUT2D eigenvalue weighted by atomic mass is 10.1. The number of benzene rings is 1. The molecule has 2 N–H and O–H groups in total. The van der Waals surface area contributed by atoms with Crippen LogP contribution in [0.1, 0.15) is 33.1 Å². The zero-order valence-corrected chi connectivity index (χ0v) is 15.1. The van der Waals surface area contributed by atoms with E-state index in [0.717, 1.165) is 22.5 Å². The summed E-state index contributed by atoms with van der Waals surface area (Å²) in [7, 11) is 0. The Labute approximate surface area is 152 Å². The van der Waals surface area contributed by atoms with Crippen molar-refractivity contribution in [3.63, 3.8) is 0 Å². The van der Waals surface area contributed by atoms with Crippen molar-refractivity contribution < 1.29 is 4.79 Å². The molecule has 6 nitrogen and oxygen atoms in total. The number of anilines is 2. The molecule has 3 aromatic rings. The zero-order valence-electron chi connectivity index (χ0n) is 15.1. The molecule has 0 saturated heterocycles. The van der Waals surface area contributed by atoms with Crippen LogP contribution in [0.15, 0.2) is 48.7 Å². The predicted octanol–water partition coefficient (Wildman–Crippen LogP) is 3.66. The molecule has 0 aliphatic rings. The Hall–Kier alpha value is -3.28. The normalized spacial score (nSPS) is 10.4. The van der Waals surface area contributed by atoms with Crippen molar-refractivity contribution in [3.8, 4) is 0 Å². The van der Waals surface area contributed by atoms with Crippen LogP contribution in [0.5, 0.6) is 0 Å². The van der Waals surface area contributed by atoms with Gasteiger partial charge in [-0.05, 0) is 44.5 Å². The maximum Gasteiger partial charge on any atom is 0.274 e. The molecule has 0 atom stereocenters. The number of hydrogen-bond donors (Lipinski definition) is 2. The SMILES string of the molecule is Cc1ccc(NC(=O)c2cc(NCc3ccccn3)nc(C)n2)c(C)c1. The van der Waals surface area contributed by atoms with Gasteiger partial charge in [0, 0.05) is 18.0 Å². The number of aromatic nitrogens is 3. The van der Waals surface area contributed by atoms with Gasteiger partial charge in [0.1, 0.15) is 17.3 Å². The number of aryl methyl sites for hydroxylation is 3. The number of carbonyl (C=O) groups excluding carboxylic acids is 1. The summed E-state index contributed by atoms with van der Waals surface area (Å²) in [5.74, 6) is 0.860. The van der Waals surface area contributed by atoms with Gasteiger partial charge in [0.05, 0.1) is 12.2 Å². The highest BCUT2D eigenvalue weighted by Crippen LogP contribution is 2.17. The van der Waals surface area contributed by atoms with Gasteiger partial charge in [-0.3, -0.25) is 9.78 Å². The van der Waals surface area contributed by atoms with Gasteiger partial charge < -0.3 is 10.6 Å². The molecule has 6 heteroatoms. The molecule has 1 amide bonds. The smallest absolute Gasteiger partial charge is 0.274 e. The molecule has 0 radical (unpaired) electrons. The van der Waals surface area contributed by atoms with Crippen LogP contribution in [0.25, 0.3) is 0 Å². The first-order valence-corrected chi connectivity index (χ1v) is 8.39. The minimum Gasteiger partial charge on any atom is -0.364 e. The fourth-order valence-corrected chi connectivity index (χ4v) is 2.60. The van der Waals surface area contributed by atoms with Gasteiger partial charge in [0.2, 0.25) is 0 Å². The number of carbonyl (C=O) groups is 1. The number of nitrogens with zero attached hydrogens (tertiary/aromatic N) is 3. The lowest BCUT2D eigenvalue weighted by Crippen LogP contribution is -2.16. The summed E-state index contributed by atoms with van der Waals surface area (Å²) in [6, 6.07) is 13.3. The first kappa shape index (κ1) is 17.5. The van der Waals surface area contributed by atoms with E-state index in [-0.39, 0.29) is 5.91 Å². The summed E-state index contributed by atoms with van der Waals surface area (Å²) in [5.41, 5.74) is 4.16. The highest BCUT2D eigenvalue weighted by Gasteiger charge is 2.12. The summed E-state index contributed by atoms with van der Waals surface area (Å²) < 4.78 is 0. The minimum atomic E-state index is -0.261. The molecule has 0 fully saturated rings. The molecule has 0 saturated carbocycles. The molecule has 26 heavy (non-hydrogen) atoms. The Morgan fingerprint density at radius 2 is 1.88 bits per heavy atom. The second-order valence-electron chi connectivity index (χ2n) is 6.13. The van der Waals surface area contributed by atoms with Crippen LogP contribution in [0.2, 0.25) is 0 Å². The van der Waals surface area contributed by atoms with Crippen LogP contribution in [-0.4, -0.2) is 20.9 Å². The molecular formula is C20H21N5O. The number of pyridine rings is 1. The summed E-state index contributed by atoms with van der Waals surface area (Å²) >= 11 is 0. The lowest BCUT2D eigenvalue weighted by molar-refractivity contribution is 0.102. The van der Waals surface area contributed by atoms with Crippen LogP contribution in [0, 0.1) is 20.8 Å². The molecule has 0 aliphatic heterocycles. The summed E-state index contributed by atoms with van der Waals surface area (Å²) in [6.45, 7) is 6.27. The monoisotopic (exact) mass is 347 g/mol. The summed E-state index contributed by atoms with van der Waals surface area (Å²) in [5, 5.41) is 6.10. The fraction of sp³-hybridized carbons (Fsp3) is 0.200. The van der Waals surface area contributed by atoms with Crippen molar-refractivity contribution in [2.45, 2.75) is 27.3 Å². The van der Waals surface area contributed by atoms with Gasteiger partial charge in [-0.1, -0.05) is 23.8 Å². The second kappa shape index (κ2) is 7.74. The van der Waals surface area contributed by atoms with E-state index in [1.54, 1.807) is 19.2 Å². The maximum absolute atomic E-state index is 12.6. The van der Waals surface area contributed by atoms with E-state index >= 15 is 0 Å². The summed E-state index contributed by atoms with van der Waals surface area (Å²) in [4.78, 5) is 25.4. The number of hydrogen-bond acceptors (Lipinski definition) is 5. The Balaban J connectivity index is 1.75. The van der Waals surface area contributed by atoms with Crippen molar-refractivity contribution in [2.24, 2.45) is 0 Å². The number of amides is 1. The van der Waals surface area contributed by atoms with Crippen LogP contribution in [0.4, 0.5) is 11.5 Å². The van der Waals surface area contributed by atoms with Crippen molar-refractivity contribution in [3.05, 3.63) is 77.0 Å². The third-order valence-corrected chi connectivity index (χ3v) is 3.88. The fourth-order valence-electron chi connectivity index (χ4n) is 2.60. The summed E-state index contributed by atoms with van der Waals surface area (Å²) in [6.07, 6.45) is 1.74. The van der Waals surface area contributed by atoms with E-state index in [0.29, 0.717) is 23.9 Å². The number of rotatable bonds is 5. The van der Waals surface area contributed by atoms with Crippen molar-refractivity contribution in [1.82, 2.24) is 15.0 Å². The second-order valence-corrected chi connectivity index (χ2v) is 6.13. The van der Waals surface area contributed by atoms with Gasteiger partial charge in [-0.25, -0.2) is 9.97 Å². The van der Waals surface area contributed by atoms with E-state index < -0.39 is 0 Å². The Bertz CT molecular complexity index is 925.